The van der Waals surface area contributed by atoms with Gasteiger partial charge < -0.3 is 14.4 Å². The first-order chi connectivity index (χ1) is 26.4. The van der Waals surface area contributed by atoms with Gasteiger partial charge in [0.05, 0.1) is 16.9 Å². The summed E-state index contributed by atoms with van der Waals surface area (Å²) in [5, 5.41) is 5.02. The Morgan fingerprint density at radius 3 is 1.74 bits per heavy atom. The van der Waals surface area contributed by atoms with Crippen LogP contribution in [0.15, 0.2) is 176 Å². The molecule has 0 amide bonds. The van der Waals surface area contributed by atoms with Crippen LogP contribution >= 0.6 is 0 Å². The van der Waals surface area contributed by atoms with E-state index >= 15 is 0 Å². The molecule has 0 bridgehead atoms. The normalized spacial score (nSPS) is 13.0. The molecule has 10 rings (SSSR count). The van der Waals surface area contributed by atoms with Crippen molar-refractivity contribution < 1.29 is 0 Å². The zero-order valence-corrected chi connectivity index (χ0v) is 31.1. The summed E-state index contributed by atoms with van der Waals surface area (Å²) in [6, 6.07) is 64.5. The quantitative estimate of drug-likeness (QED) is 0.172. The van der Waals surface area contributed by atoms with E-state index in [-0.39, 0.29) is 5.41 Å². The Morgan fingerprint density at radius 1 is 0.444 bits per heavy atom. The number of anilines is 6. The SMILES string of the molecule is Cc1ccc(N(c2ccccc2)c2ccc3c(c2)C(C)(C)c2cc(N(c4ccccc4)c4cccc5c4c4ccccc4n5C)c4ccccc4c2-3)cc1. The van der Waals surface area contributed by atoms with Gasteiger partial charge in [-0.2, -0.15) is 0 Å². The minimum Gasteiger partial charge on any atom is -0.344 e. The van der Waals surface area contributed by atoms with E-state index in [0.29, 0.717) is 0 Å². The molecule has 3 nitrogen and oxygen atoms in total. The molecule has 0 N–H and O–H groups in total. The van der Waals surface area contributed by atoms with E-state index in [1.165, 1.54) is 71.8 Å². The van der Waals surface area contributed by atoms with Gasteiger partial charge >= 0.3 is 0 Å². The molecular weight excluding hydrogens is 655 g/mol. The number of benzene rings is 8. The molecule has 0 fully saturated rings. The van der Waals surface area contributed by atoms with Gasteiger partial charge in [-0.1, -0.05) is 123 Å². The summed E-state index contributed by atoms with van der Waals surface area (Å²) in [7, 11) is 2.18. The Morgan fingerprint density at radius 2 is 1.02 bits per heavy atom. The Bertz CT molecular complexity index is 2870. The van der Waals surface area contributed by atoms with Gasteiger partial charge in [-0.25, -0.2) is 0 Å². The molecule has 0 saturated carbocycles. The van der Waals surface area contributed by atoms with E-state index in [2.05, 4.69) is 218 Å². The summed E-state index contributed by atoms with van der Waals surface area (Å²) in [5.74, 6) is 0. The van der Waals surface area contributed by atoms with Crippen molar-refractivity contribution in [2.75, 3.05) is 9.80 Å². The molecule has 0 saturated heterocycles. The average molecular weight is 696 g/mol. The highest BCUT2D eigenvalue weighted by Gasteiger charge is 2.38. The molecular formula is C51H41N3. The number of fused-ring (bicyclic) bond motifs is 8. The molecule has 9 aromatic rings. The van der Waals surface area contributed by atoms with Crippen LogP contribution in [0.1, 0.15) is 30.5 Å². The van der Waals surface area contributed by atoms with Gasteiger partial charge in [-0.05, 0) is 107 Å². The third kappa shape index (κ3) is 4.82. The molecule has 1 aliphatic rings. The van der Waals surface area contributed by atoms with E-state index in [1.807, 2.05) is 0 Å². The Labute approximate surface area is 317 Å². The standard InChI is InChI=1S/C51H41N3/c1-34-26-28-37(29-27-34)53(35-16-7-5-8-17-35)38-30-31-41-43(32-38)51(2,3)44-33-48(39-20-11-12-21-40(39)49(41)44)54(36-18-9-6-10-19-36)47-25-15-24-46-50(47)42-22-13-14-23-45(42)52(46)4/h5-33H,1-4H3. The number of rotatable bonds is 6. The molecule has 1 aromatic heterocycles. The Kier molecular flexibility index (Phi) is 7.28. The van der Waals surface area contributed by atoms with Crippen LogP contribution in [0, 0.1) is 6.92 Å². The highest BCUT2D eigenvalue weighted by atomic mass is 15.2. The minimum absolute atomic E-state index is 0.261. The zero-order chi connectivity index (χ0) is 36.6. The van der Waals surface area contributed by atoms with Gasteiger partial charge in [0.1, 0.15) is 0 Å². The van der Waals surface area contributed by atoms with Crippen molar-refractivity contribution in [1.82, 2.24) is 4.57 Å². The van der Waals surface area contributed by atoms with Crippen LogP contribution < -0.4 is 9.80 Å². The average Bonchev–Trinajstić information content (AvgIpc) is 3.63. The minimum atomic E-state index is -0.261. The maximum absolute atomic E-state index is 2.50. The molecule has 0 unspecified atom stereocenters. The van der Waals surface area contributed by atoms with Crippen molar-refractivity contribution in [1.29, 1.82) is 0 Å². The summed E-state index contributed by atoms with van der Waals surface area (Å²) in [6.07, 6.45) is 0. The highest BCUT2D eigenvalue weighted by Crippen LogP contribution is 2.56. The molecule has 54 heavy (non-hydrogen) atoms. The number of para-hydroxylation sites is 3. The second-order valence-electron chi connectivity index (χ2n) is 15.1. The molecule has 260 valence electrons. The first-order valence-corrected chi connectivity index (χ1v) is 18.8. The second-order valence-corrected chi connectivity index (χ2v) is 15.1. The van der Waals surface area contributed by atoms with Crippen LogP contribution in [0.5, 0.6) is 0 Å². The van der Waals surface area contributed by atoms with E-state index in [0.717, 1.165) is 22.7 Å². The molecule has 0 atom stereocenters. The number of hydrogen-bond acceptors (Lipinski definition) is 2. The molecule has 0 radical (unpaired) electrons. The van der Waals surface area contributed by atoms with E-state index in [4.69, 9.17) is 0 Å². The van der Waals surface area contributed by atoms with E-state index < -0.39 is 0 Å². The number of hydrogen-bond donors (Lipinski definition) is 0. The lowest BCUT2D eigenvalue weighted by molar-refractivity contribution is 0.661. The first kappa shape index (κ1) is 32.1. The Balaban J connectivity index is 1.21. The van der Waals surface area contributed by atoms with E-state index in [9.17, 15) is 0 Å². The van der Waals surface area contributed by atoms with Crippen LogP contribution in [0.2, 0.25) is 0 Å². The van der Waals surface area contributed by atoms with Gasteiger partial charge in [-0.3, -0.25) is 0 Å². The third-order valence-corrected chi connectivity index (χ3v) is 11.6. The van der Waals surface area contributed by atoms with Crippen LogP contribution in [0.3, 0.4) is 0 Å². The number of aromatic nitrogens is 1. The maximum atomic E-state index is 2.50. The summed E-state index contributed by atoms with van der Waals surface area (Å²) in [5.41, 5.74) is 15.7. The summed E-state index contributed by atoms with van der Waals surface area (Å²) in [6.45, 7) is 6.94. The predicted molar refractivity (Wildman–Crippen MR) is 230 cm³/mol. The third-order valence-electron chi connectivity index (χ3n) is 11.6. The van der Waals surface area contributed by atoms with Crippen molar-refractivity contribution in [3.63, 3.8) is 0 Å². The molecule has 0 aliphatic heterocycles. The lowest BCUT2D eigenvalue weighted by Gasteiger charge is -2.30. The summed E-state index contributed by atoms with van der Waals surface area (Å²) < 4.78 is 2.32. The summed E-state index contributed by atoms with van der Waals surface area (Å²) >= 11 is 0. The second kappa shape index (κ2) is 12.2. The van der Waals surface area contributed by atoms with Crippen molar-refractivity contribution in [3.05, 3.63) is 193 Å². The topological polar surface area (TPSA) is 11.4 Å². The van der Waals surface area contributed by atoms with E-state index in [1.54, 1.807) is 0 Å². The fourth-order valence-corrected chi connectivity index (χ4v) is 8.96. The first-order valence-electron chi connectivity index (χ1n) is 18.8. The van der Waals surface area contributed by atoms with Gasteiger partial charge in [-0.15, -0.1) is 0 Å². The molecule has 3 heteroatoms. The maximum Gasteiger partial charge on any atom is 0.0562 e. The zero-order valence-electron chi connectivity index (χ0n) is 31.1. The van der Waals surface area contributed by atoms with Crippen LogP contribution in [0.4, 0.5) is 34.1 Å². The molecule has 1 heterocycles. The van der Waals surface area contributed by atoms with Gasteiger partial charge in [0.2, 0.25) is 0 Å². The molecule has 8 aromatic carbocycles. The lowest BCUT2D eigenvalue weighted by atomic mass is 9.81. The van der Waals surface area contributed by atoms with Gasteiger partial charge in [0, 0.05) is 56.9 Å². The smallest absolute Gasteiger partial charge is 0.0562 e. The fourth-order valence-electron chi connectivity index (χ4n) is 8.96. The summed E-state index contributed by atoms with van der Waals surface area (Å²) in [4.78, 5) is 4.88. The largest absolute Gasteiger partial charge is 0.344 e. The number of aryl methyl sites for hydroxylation is 2. The Hall–Kier alpha value is -6.58. The van der Waals surface area contributed by atoms with Crippen LogP contribution in [0.25, 0.3) is 43.7 Å². The van der Waals surface area contributed by atoms with Crippen LogP contribution in [-0.4, -0.2) is 4.57 Å². The van der Waals surface area contributed by atoms with Gasteiger partial charge in [0.15, 0.2) is 0 Å². The number of nitrogens with zero attached hydrogens (tertiary/aromatic N) is 3. The lowest BCUT2D eigenvalue weighted by Crippen LogP contribution is -2.18. The monoisotopic (exact) mass is 695 g/mol. The van der Waals surface area contributed by atoms with Crippen molar-refractivity contribution in [3.8, 4) is 11.1 Å². The highest BCUT2D eigenvalue weighted by molar-refractivity contribution is 6.18. The van der Waals surface area contributed by atoms with Crippen molar-refractivity contribution in [2.24, 2.45) is 7.05 Å². The van der Waals surface area contributed by atoms with Crippen molar-refractivity contribution in [2.45, 2.75) is 26.2 Å². The predicted octanol–water partition coefficient (Wildman–Crippen LogP) is 14.0. The van der Waals surface area contributed by atoms with Gasteiger partial charge in [0.25, 0.3) is 0 Å². The molecule has 0 spiro atoms. The van der Waals surface area contributed by atoms with Crippen LogP contribution in [-0.2, 0) is 12.5 Å². The molecule has 1 aliphatic carbocycles. The fraction of sp³-hybridized carbons (Fsp3) is 0.0980. The van der Waals surface area contributed by atoms with Crippen molar-refractivity contribution >= 4 is 66.7 Å².